The van der Waals surface area contributed by atoms with Crippen molar-refractivity contribution in [2.24, 2.45) is 5.92 Å². The van der Waals surface area contributed by atoms with Crippen molar-refractivity contribution in [3.05, 3.63) is 30.1 Å². The molecular formula is C16H23N3O2. The zero-order chi connectivity index (χ0) is 15.4. The Kier molecular flexibility index (Phi) is 4.94. The van der Waals surface area contributed by atoms with Crippen LogP contribution in [0.5, 0.6) is 0 Å². The lowest BCUT2D eigenvalue weighted by Crippen LogP contribution is -2.49. The molecule has 1 aromatic rings. The van der Waals surface area contributed by atoms with Crippen molar-refractivity contribution in [3.8, 4) is 0 Å². The van der Waals surface area contributed by atoms with Crippen LogP contribution in [-0.2, 0) is 16.1 Å². The van der Waals surface area contributed by atoms with E-state index in [4.69, 9.17) is 0 Å². The molecule has 1 aliphatic heterocycles. The van der Waals surface area contributed by atoms with Gasteiger partial charge in [0.2, 0.25) is 11.8 Å². The van der Waals surface area contributed by atoms with Gasteiger partial charge >= 0.3 is 0 Å². The highest BCUT2D eigenvalue weighted by Crippen LogP contribution is 2.20. The first-order chi connectivity index (χ1) is 10.0. The van der Waals surface area contributed by atoms with Gasteiger partial charge in [0, 0.05) is 31.4 Å². The van der Waals surface area contributed by atoms with Gasteiger partial charge in [-0.05, 0) is 30.5 Å². The molecule has 0 aromatic carbocycles. The molecule has 2 heterocycles. The topological polar surface area (TPSA) is 62.3 Å². The minimum atomic E-state index is -0.422. The molecule has 0 radical (unpaired) electrons. The summed E-state index contributed by atoms with van der Waals surface area (Å²) in [5, 5.41) is 2.88. The van der Waals surface area contributed by atoms with Gasteiger partial charge in [0.15, 0.2) is 0 Å². The largest absolute Gasteiger partial charge is 0.344 e. The number of pyridine rings is 1. The van der Waals surface area contributed by atoms with Crippen molar-refractivity contribution in [2.75, 3.05) is 0 Å². The van der Waals surface area contributed by atoms with Crippen LogP contribution in [0, 0.1) is 5.92 Å². The second-order valence-electron chi connectivity index (χ2n) is 5.81. The van der Waals surface area contributed by atoms with Gasteiger partial charge in [-0.2, -0.15) is 0 Å². The predicted molar refractivity (Wildman–Crippen MR) is 80.3 cm³/mol. The summed E-state index contributed by atoms with van der Waals surface area (Å²) < 4.78 is 0. The summed E-state index contributed by atoms with van der Waals surface area (Å²) in [5.74, 6) is 0.101. The maximum atomic E-state index is 12.8. The molecule has 0 aliphatic carbocycles. The number of hydrogen-bond acceptors (Lipinski definition) is 3. The first-order valence-electron chi connectivity index (χ1n) is 7.51. The van der Waals surface area contributed by atoms with E-state index in [1.807, 2.05) is 37.8 Å². The second kappa shape index (κ2) is 6.70. The molecule has 3 unspecified atom stereocenters. The van der Waals surface area contributed by atoms with E-state index in [1.54, 1.807) is 12.4 Å². The van der Waals surface area contributed by atoms with Crippen molar-refractivity contribution in [1.82, 2.24) is 15.2 Å². The van der Waals surface area contributed by atoms with Crippen molar-refractivity contribution >= 4 is 11.8 Å². The monoisotopic (exact) mass is 289 g/mol. The number of aromatic nitrogens is 1. The highest BCUT2D eigenvalue weighted by atomic mass is 16.2. The molecule has 0 saturated carbocycles. The van der Waals surface area contributed by atoms with Crippen molar-refractivity contribution in [2.45, 2.75) is 52.2 Å². The molecule has 3 atom stereocenters. The molecule has 1 fully saturated rings. The van der Waals surface area contributed by atoms with E-state index in [-0.39, 0.29) is 23.8 Å². The quantitative estimate of drug-likeness (QED) is 0.918. The Morgan fingerprint density at radius 1 is 1.38 bits per heavy atom. The Hall–Kier alpha value is -1.91. The molecule has 0 spiro atoms. The predicted octanol–water partition coefficient (Wildman–Crippen LogP) is 1.73. The summed E-state index contributed by atoms with van der Waals surface area (Å²) in [6.07, 6.45) is 4.65. The van der Waals surface area contributed by atoms with Crippen molar-refractivity contribution < 1.29 is 9.59 Å². The number of rotatable bonds is 4. The summed E-state index contributed by atoms with van der Waals surface area (Å²) in [6, 6.07) is 3.28. The van der Waals surface area contributed by atoms with Gasteiger partial charge in [-0.3, -0.25) is 14.6 Å². The number of carbonyl (C=O) groups excluding carboxylic acids is 2. The molecule has 0 bridgehead atoms. The van der Waals surface area contributed by atoms with Gasteiger partial charge in [0.25, 0.3) is 0 Å². The fourth-order valence-electron chi connectivity index (χ4n) is 2.61. The van der Waals surface area contributed by atoms with E-state index in [1.165, 1.54) is 0 Å². The molecule has 114 valence electrons. The molecule has 2 amide bonds. The van der Waals surface area contributed by atoms with E-state index in [0.29, 0.717) is 13.0 Å². The summed E-state index contributed by atoms with van der Waals surface area (Å²) in [5.41, 5.74) is 1.03. The third-order valence-corrected chi connectivity index (χ3v) is 4.19. The smallest absolute Gasteiger partial charge is 0.245 e. The SMILES string of the molecule is CCC(C)C1NC(=O)CC(C)N(Cc2ccncc2)C1=O. The fraction of sp³-hybridized carbons (Fsp3) is 0.562. The molecule has 1 N–H and O–H groups in total. The molecule has 2 rings (SSSR count). The van der Waals surface area contributed by atoms with Gasteiger partial charge < -0.3 is 10.2 Å². The number of nitrogens with one attached hydrogen (secondary N) is 1. The van der Waals surface area contributed by atoms with Gasteiger partial charge in [0.1, 0.15) is 6.04 Å². The van der Waals surface area contributed by atoms with E-state index >= 15 is 0 Å². The highest BCUT2D eigenvalue weighted by molar-refractivity contribution is 5.90. The Bertz CT molecular complexity index is 504. The minimum Gasteiger partial charge on any atom is -0.344 e. The average Bonchev–Trinajstić information content (AvgIpc) is 2.58. The molecule has 1 aromatic heterocycles. The standard InChI is InChI=1S/C16H23N3O2/c1-4-11(2)15-16(21)19(12(3)9-14(20)18-15)10-13-5-7-17-8-6-13/h5-8,11-12,15H,4,9-10H2,1-3H3,(H,18,20). The van der Waals surface area contributed by atoms with Crippen LogP contribution in [0.4, 0.5) is 0 Å². The zero-order valence-electron chi connectivity index (χ0n) is 12.9. The molecule has 1 aliphatic rings. The van der Waals surface area contributed by atoms with E-state index < -0.39 is 6.04 Å². The van der Waals surface area contributed by atoms with E-state index in [0.717, 1.165) is 12.0 Å². The van der Waals surface area contributed by atoms with Crippen LogP contribution < -0.4 is 5.32 Å². The third kappa shape index (κ3) is 3.60. The normalized spacial score (nSPS) is 24.4. The summed E-state index contributed by atoms with van der Waals surface area (Å²) in [7, 11) is 0. The molecule has 21 heavy (non-hydrogen) atoms. The lowest BCUT2D eigenvalue weighted by molar-refractivity contribution is -0.136. The Morgan fingerprint density at radius 2 is 2.05 bits per heavy atom. The first-order valence-corrected chi connectivity index (χ1v) is 7.51. The van der Waals surface area contributed by atoms with Gasteiger partial charge in [0.05, 0.1) is 0 Å². The highest BCUT2D eigenvalue weighted by Gasteiger charge is 2.36. The van der Waals surface area contributed by atoms with Crippen LogP contribution in [0.15, 0.2) is 24.5 Å². The number of nitrogens with zero attached hydrogens (tertiary/aromatic N) is 2. The number of hydrogen-bond donors (Lipinski definition) is 1. The fourth-order valence-corrected chi connectivity index (χ4v) is 2.61. The van der Waals surface area contributed by atoms with Gasteiger partial charge in [-0.25, -0.2) is 0 Å². The Balaban J connectivity index is 2.24. The van der Waals surface area contributed by atoms with Crippen molar-refractivity contribution in [3.63, 3.8) is 0 Å². The van der Waals surface area contributed by atoms with Crippen LogP contribution in [-0.4, -0.2) is 33.8 Å². The van der Waals surface area contributed by atoms with Gasteiger partial charge in [-0.15, -0.1) is 0 Å². The number of amides is 2. The zero-order valence-corrected chi connectivity index (χ0v) is 12.9. The Labute approximate surface area is 125 Å². The number of carbonyl (C=O) groups is 2. The lowest BCUT2D eigenvalue weighted by Gasteiger charge is -2.30. The summed E-state index contributed by atoms with van der Waals surface area (Å²) in [4.78, 5) is 30.6. The summed E-state index contributed by atoms with van der Waals surface area (Å²) in [6.45, 7) is 6.48. The molecular weight excluding hydrogens is 266 g/mol. The van der Waals surface area contributed by atoms with Crippen LogP contribution >= 0.6 is 0 Å². The third-order valence-electron chi connectivity index (χ3n) is 4.19. The maximum absolute atomic E-state index is 12.8. The maximum Gasteiger partial charge on any atom is 0.245 e. The van der Waals surface area contributed by atoms with E-state index in [2.05, 4.69) is 10.3 Å². The first kappa shape index (κ1) is 15.5. The van der Waals surface area contributed by atoms with Crippen LogP contribution in [0.25, 0.3) is 0 Å². The summed E-state index contributed by atoms with van der Waals surface area (Å²) >= 11 is 0. The van der Waals surface area contributed by atoms with Gasteiger partial charge in [-0.1, -0.05) is 20.3 Å². The van der Waals surface area contributed by atoms with Crippen molar-refractivity contribution in [1.29, 1.82) is 0 Å². The minimum absolute atomic E-state index is 0.0134. The molecule has 5 nitrogen and oxygen atoms in total. The van der Waals surface area contributed by atoms with Crippen LogP contribution in [0.2, 0.25) is 0 Å². The molecule has 1 saturated heterocycles. The Morgan fingerprint density at radius 3 is 2.67 bits per heavy atom. The molecule has 5 heteroatoms. The van der Waals surface area contributed by atoms with Crippen LogP contribution in [0.3, 0.4) is 0 Å². The second-order valence-corrected chi connectivity index (χ2v) is 5.81. The van der Waals surface area contributed by atoms with Crippen LogP contribution in [0.1, 0.15) is 39.2 Å². The average molecular weight is 289 g/mol. The lowest BCUT2D eigenvalue weighted by atomic mass is 9.98. The van der Waals surface area contributed by atoms with E-state index in [9.17, 15) is 9.59 Å².